The van der Waals surface area contributed by atoms with Gasteiger partial charge in [0, 0.05) is 19.0 Å². The third-order valence-corrected chi connectivity index (χ3v) is 7.02. The van der Waals surface area contributed by atoms with Crippen molar-refractivity contribution in [2.45, 2.75) is 70.5 Å². The molecule has 0 bridgehead atoms. The lowest BCUT2D eigenvalue weighted by Gasteiger charge is -2.33. The number of carbonyl (C=O) groups is 2. The molecule has 0 saturated heterocycles. The van der Waals surface area contributed by atoms with E-state index in [2.05, 4.69) is 5.32 Å². The molecule has 4 heteroatoms. The number of amides is 2. The van der Waals surface area contributed by atoms with Gasteiger partial charge in [-0.15, -0.1) is 0 Å². The van der Waals surface area contributed by atoms with Crippen LogP contribution in [0.2, 0.25) is 0 Å². The van der Waals surface area contributed by atoms with Gasteiger partial charge in [0.2, 0.25) is 11.8 Å². The summed E-state index contributed by atoms with van der Waals surface area (Å²) in [5, 5.41) is 3.30. The van der Waals surface area contributed by atoms with Crippen molar-refractivity contribution in [2.75, 3.05) is 0 Å². The summed E-state index contributed by atoms with van der Waals surface area (Å²) >= 11 is 0. The van der Waals surface area contributed by atoms with Crippen LogP contribution >= 0.6 is 0 Å². The molecule has 4 nitrogen and oxygen atoms in total. The van der Waals surface area contributed by atoms with E-state index < -0.39 is 6.04 Å². The van der Waals surface area contributed by atoms with E-state index >= 15 is 0 Å². The number of hydrogen-bond donors (Lipinski definition) is 1. The molecule has 1 fully saturated rings. The van der Waals surface area contributed by atoms with Gasteiger partial charge in [-0.3, -0.25) is 9.59 Å². The lowest BCUT2D eigenvalue weighted by Crippen LogP contribution is -2.53. The highest BCUT2D eigenvalue weighted by Gasteiger charge is 2.32. The van der Waals surface area contributed by atoms with Gasteiger partial charge in [-0.1, -0.05) is 104 Å². The third kappa shape index (κ3) is 7.05. The fourth-order valence-corrected chi connectivity index (χ4v) is 4.95. The molecule has 35 heavy (non-hydrogen) atoms. The van der Waals surface area contributed by atoms with Crippen molar-refractivity contribution in [3.63, 3.8) is 0 Å². The average molecular weight is 469 g/mol. The Morgan fingerprint density at radius 1 is 0.829 bits per heavy atom. The van der Waals surface area contributed by atoms with Crippen molar-refractivity contribution in [3.8, 4) is 0 Å². The highest BCUT2D eigenvalue weighted by molar-refractivity contribution is 5.89. The monoisotopic (exact) mass is 468 g/mol. The molecule has 3 aromatic carbocycles. The zero-order valence-electron chi connectivity index (χ0n) is 20.7. The summed E-state index contributed by atoms with van der Waals surface area (Å²) in [6.45, 7) is 2.43. The van der Waals surface area contributed by atoms with E-state index in [1.54, 1.807) is 4.90 Å². The molecule has 1 atom stereocenters. The average Bonchev–Trinajstić information content (AvgIpc) is 2.89. The topological polar surface area (TPSA) is 49.4 Å². The fraction of sp³-hybridized carbons (Fsp3) is 0.355. The van der Waals surface area contributed by atoms with Crippen LogP contribution in [-0.2, 0) is 29.0 Å². The summed E-state index contributed by atoms with van der Waals surface area (Å²) in [4.78, 5) is 29.4. The first kappa shape index (κ1) is 24.7. The van der Waals surface area contributed by atoms with E-state index in [0.29, 0.717) is 13.0 Å². The van der Waals surface area contributed by atoms with Crippen molar-refractivity contribution >= 4 is 11.8 Å². The van der Waals surface area contributed by atoms with E-state index in [9.17, 15) is 9.59 Å². The molecule has 182 valence electrons. The van der Waals surface area contributed by atoms with Crippen LogP contribution in [0.3, 0.4) is 0 Å². The summed E-state index contributed by atoms with van der Waals surface area (Å²) in [7, 11) is 0. The maximum absolute atomic E-state index is 13.8. The van der Waals surface area contributed by atoms with E-state index in [1.165, 1.54) is 6.42 Å². The van der Waals surface area contributed by atoms with E-state index in [1.807, 2.05) is 91.9 Å². The van der Waals surface area contributed by atoms with Gasteiger partial charge in [0.25, 0.3) is 0 Å². The molecule has 1 saturated carbocycles. The van der Waals surface area contributed by atoms with Crippen LogP contribution in [0.15, 0.2) is 84.9 Å². The number of hydrogen-bond acceptors (Lipinski definition) is 2. The van der Waals surface area contributed by atoms with Gasteiger partial charge in [0.05, 0.1) is 6.42 Å². The maximum atomic E-state index is 13.8. The zero-order valence-corrected chi connectivity index (χ0v) is 20.7. The van der Waals surface area contributed by atoms with Crippen LogP contribution in [-0.4, -0.2) is 28.8 Å². The van der Waals surface area contributed by atoms with E-state index in [0.717, 1.165) is 47.9 Å². The number of rotatable bonds is 9. The predicted octanol–water partition coefficient (Wildman–Crippen LogP) is 5.63. The van der Waals surface area contributed by atoms with Crippen LogP contribution in [0.4, 0.5) is 0 Å². The second-order valence-corrected chi connectivity index (χ2v) is 9.66. The molecule has 1 aliphatic carbocycles. The first-order valence-corrected chi connectivity index (χ1v) is 12.8. The molecular formula is C31H36N2O2. The molecule has 0 aromatic heterocycles. The molecule has 1 N–H and O–H groups in total. The van der Waals surface area contributed by atoms with Gasteiger partial charge in [0.15, 0.2) is 0 Å². The first-order valence-electron chi connectivity index (χ1n) is 12.8. The van der Waals surface area contributed by atoms with Crippen molar-refractivity contribution in [2.24, 2.45) is 0 Å². The molecule has 0 unspecified atom stereocenters. The van der Waals surface area contributed by atoms with Crippen molar-refractivity contribution in [3.05, 3.63) is 107 Å². The van der Waals surface area contributed by atoms with Gasteiger partial charge in [-0.2, -0.15) is 0 Å². The molecule has 0 spiro atoms. The Balaban J connectivity index is 1.64. The Hall–Kier alpha value is -3.40. The Morgan fingerprint density at radius 3 is 2.09 bits per heavy atom. The van der Waals surface area contributed by atoms with Crippen LogP contribution in [0, 0.1) is 6.92 Å². The normalized spacial score (nSPS) is 14.8. The number of nitrogens with one attached hydrogen (secondary N) is 1. The van der Waals surface area contributed by atoms with Gasteiger partial charge in [-0.25, -0.2) is 0 Å². The number of nitrogens with zero attached hydrogens (tertiary/aromatic N) is 1. The van der Waals surface area contributed by atoms with Gasteiger partial charge in [-0.05, 0) is 42.0 Å². The second-order valence-electron chi connectivity index (χ2n) is 9.66. The minimum Gasteiger partial charge on any atom is -0.352 e. The molecule has 0 radical (unpaired) electrons. The molecule has 4 rings (SSSR count). The van der Waals surface area contributed by atoms with Gasteiger partial charge in [0.1, 0.15) is 6.04 Å². The highest BCUT2D eigenvalue weighted by atomic mass is 16.2. The first-order chi connectivity index (χ1) is 17.1. The quantitative estimate of drug-likeness (QED) is 0.443. The summed E-state index contributed by atoms with van der Waals surface area (Å²) in [5.74, 6) is -0.0716. The van der Waals surface area contributed by atoms with E-state index in [-0.39, 0.29) is 24.3 Å². The molecule has 1 aliphatic rings. The summed E-state index contributed by atoms with van der Waals surface area (Å²) < 4.78 is 0. The minimum absolute atomic E-state index is 0.0251. The largest absolute Gasteiger partial charge is 0.352 e. The van der Waals surface area contributed by atoms with Crippen LogP contribution in [0.5, 0.6) is 0 Å². The molecule has 0 heterocycles. The number of benzene rings is 3. The van der Waals surface area contributed by atoms with Gasteiger partial charge < -0.3 is 10.2 Å². The lowest BCUT2D eigenvalue weighted by atomic mass is 9.94. The standard InChI is InChI=1S/C31H36N2O2/c1-24-13-11-12-18-27(24)22-30(34)33(23-26-16-7-3-8-17-26)29(21-25-14-5-2-6-15-25)31(35)32-28-19-9-4-10-20-28/h2-3,5-8,11-18,28-29H,4,9-10,19-23H2,1H3,(H,32,35)/t29-/m1/s1. The zero-order chi connectivity index (χ0) is 24.5. The Bertz CT molecular complexity index is 1090. The highest BCUT2D eigenvalue weighted by Crippen LogP contribution is 2.21. The number of aryl methyl sites for hydroxylation is 1. The third-order valence-electron chi connectivity index (χ3n) is 7.02. The predicted molar refractivity (Wildman–Crippen MR) is 141 cm³/mol. The van der Waals surface area contributed by atoms with Crippen LogP contribution in [0.1, 0.15) is 54.4 Å². The van der Waals surface area contributed by atoms with E-state index in [4.69, 9.17) is 0 Å². The summed E-state index contributed by atoms with van der Waals surface area (Å²) in [6, 6.07) is 27.6. The SMILES string of the molecule is Cc1ccccc1CC(=O)N(Cc1ccccc1)[C@H](Cc1ccccc1)C(=O)NC1CCCCC1. The Kier molecular flexibility index (Phi) is 8.72. The second kappa shape index (κ2) is 12.3. The smallest absolute Gasteiger partial charge is 0.243 e. The Labute approximate surface area is 209 Å². The Morgan fingerprint density at radius 2 is 1.43 bits per heavy atom. The fourth-order valence-electron chi connectivity index (χ4n) is 4.95. The maximum Gasteiger partial charge on any atom is 0.243 e. The molecular weight excluding hydrogens is 432 g/mol. The van der Waals surface area contributed by atoms with Crippen molar-refractivity contribution in [1.82, 2.24) is 10.2 Å². The lowest BCUT2D eigenvalue weighted by molar-refractivity contribution is -0.141. The molecule has 0 aliphatic heterocycles. The molecule has 2 amide bonds. The minimum atomic E-state index is -0.573. The van der Waals surface area contributed by atoms with Crippen molar-refractivity contribution < 1.29 is 9.59 Å². The van der Waals surface area contributed by atoms with Gasteiger partial charge >= 0.3 is 0 Å². The molecule has 3 aromatic rings. The number of carbonyl (C=O) groups excluding carboxylic acids is 2. The van der Waals surface area contributed by atoms with Crippen molar-refractivity contribution in [1.29, 1.82) is 0 Å². The summed E-state index contributed by atoms with van der Waals surface area (Å²) in [5.41, 5.74) is 4.17. The summed E-state index contributed by atoms with van der Waals surface area (Å²) in [6.07, 6.45) is 6.32. The van der Waals surface area contributed by atoms with Crippen LogP contribution in [0.25, 0.3) is 0 Å². The van der Waals surface area contributed by atoms with Crippen LogP contribution < -0.4 is 5.32 Å².